The maximum atomic E-state index is 12.4. The van der Waals surface area contributed by atoms with E-state index in [0.29, 0.717) is 12.2 Å². The van der Waals surface area contributed by atoms with E-state index in [-0.39, 0.29) is 36.8 Å². The predicted molar refractivity (Wildman–Crippen MR) is 144 cm³/mol. The highest BCUT2D eigenvalue weighted by atomic mass is 16.5. The summed E-state index contributed by atoms with van der Waals surface area (Å²) in [5, 5.41) is 2.73. The molecule has 0 spiro atoms. The van der Waals surface area contributed by atoms with Gasteiger partial charge in [-0.05, 0) is 35.1 Å². The second kappa shape index (κ2) is 10.5. The minimum atomic E-state index is -0.555. The number of hydrogen-bond donors (Lipinski definition) is 2. The van der Waals surface area contributed by atoms with Gasteiger partial charge in [-0.1, -0.05) is 60.4 Å². The molecule has 2 aromatic carbocycles. The molecule has 0 aliphatic heterocycles. The van der Waals surface area contributed by atoms with Gasteiger partial charge < -0.3 is 10.1 Å². The van der Waals surface area contributed by atoms with Gasteiger partial charge in [-0.2, -0.15) is 0 Å². The number of nitrogens with zero attached hydrogens (tertiary/aromatic N) is 3. The molecule has 2 aromatic heterocycles. The lowest BCUT2D eigenvalue weighted by Gasteiger charge is -2.14. The molecule has 4 aromatic rings. The quantitative estimate of drug-likeness (QED) is 0.319. The number of ether oxygens (including phenoxy) is 1. The van der Waals surface area contributed by atoms with Crippen LogP contribution in [-0.2, 0) is 18.3 Å². The number of aromatic nitrogens is 4. The fraction of sp³-hybridized carbons (Fsp3) is 0.241. The lowest BCUT2D eigenvalue weighted by Crippen LogP contribution is -2.29. The molecule has 2 heterocycles. The maximum Gasteiger partial charge on any atom is 0.407 e. The fourth-order valence-corrected chi connectivity index (χ4v) is 4.66. The molecule has 0 saturated carbocycles. The van der Waals surface area contributed by atoms with Gasteiger partial charge in [0.1, 0.15) is 6.61 Å². The van der Waals surface area contributed by atoms with E-state index in [0.717, 1.165) is 11.1 Å². The van der Waals surface area contributed by atoms with Crippen molar-refractivity contribution in [1.82, 2.24) is 24.4 Å². The first-order valence-corrected chi connectivity index (χ1v) is 12.2. The highest BCUT2D eigenvalue weighted by Gasteiger charge is 2.28. The summed E-state index contributed by atoms with van der Waals surface area (Å²) >= 11 is 0. The topological polar surface area (TPSA) is 111 Å². The van der Waals surface area contributed by atoms with Crippen molar-refractivity contribution in [1.29, 1.82) is 0 Å². The van der Waals surface area contributed by atoms with Crippen LogP contribution in [0.5, 0.6) is 0 Å². The number of aryl methyl sites for hydroxylation is 1. The molecule has 0 saturated heterocycles. The van der Waals surface area contributed by atoms with Crippen LogP contribution < -0.4 is 16.6 Å². The SMILES string of the molecule is CC#CCn1c(C#CCCNC(=O)OCC2c3ccccc3-c3ccccc32)nc2c1c(=O)[nH]c(=O)n2C. The number of alkyl carbamates (subject to hydrolysis) is 1. The fourth-order valence-electron chi connectivity index (χ4n) is 4.66. The maximum absolute atomic E-state index is 12.4. The van der Waals surface area contributed by atoms with Crippen LogP contribution in [0.4, 0.5) is 4.79 Å². The van der Waals surface area contributed by atoms with Gasteiger partial charge in [0.15, 0.2) is 17.0 Å². The van der Waals surface area contributed by atoms with Gasteiger partial charge in [-0.25, -0.2) is 14.6 Å². The van der Waals surface area contributed by atoms with Crippen molar-refractivity contribution in [3.05, 3.63) is 86.3 Å². The van der Waals surface area contributed by atoms with E-state index < -0.39 is 17.3 Å². The highest BCUT2D eigenvalue weighted by molar-refractivity contribution is 5.79. The van der Waals surface area contributed by atoms with E-state index in [1.807, 2.05) is 24.3 Å². The zero-order valence-corrected chi connectivity index (χ0v) is 21.0. The zero-order valence-electron chi connectivity index (χ0n) is 21.0. The van der Waals surface area contributed by atoms with Gasteiger partial charge in [-0.3, -0.25) is 18.9 Å². The number of amides is 1. The van der Waals surface area contributed by atoms with E-state index in [4.69, 9.17) is 4.74 Å². The second-order valence-electron chi connectivity index (χ2n) is 8.74. The zero-order chi connectivity index (χ0) is 26.6. The second-order valence-corrected chi connectivity index (χ2v) is 8.74. The molecular formula is C29H25N5O4. The molecule has 2 N–H and O–H groups in total. The Morgan fingerprint density at radius 1 is 1.08 bits per heavy atom. The summed E-state index contributed by atoms with van der Waals surface area (Å²) in [7, 11) is 1.53. The number of rotatable bonds is 5. The Morgan fingerprint density at radius 2 is 1.76 bits per heavy atom. The van der Waals surface area contributed by atoms with Crippen LogP contribution in [0.1, 0.15) is 36.2 Å². The number of fused-ring (bicyclic) bond motifs is 4. The molecule has 0 unspecified atom stereocenters. The summed E-state index contributed by atoms with van der Waals surface area (Å²) < 4.78 is 8.38. The Labute approximate surface area is 218 Å². The Morgan fingerprint density at radius 3 is 2.45 bits per heavy atom. The average Bonchev–Trinajstić information content (AvgIpc) is 3.45. The van der Waals surface area contributed by atoms with E-state index >= 15 is 0 Å². The number of H-pyrrole nitrogens is 1. The summed E-state index contributed by atoms with van der Waals surface area (Å²) in [6, 6.07) is 16.3. The number of carbonyl (C=O) groups excluding carboxylic acids is 1. The van der Waals surface area contributed by atoms with Crippen LogP contribution in [0.15, 0.2) is 58.1 Å². The van der Waals surface area contributed by atoms with E-state index in [1.165, 1.54) is 22.7 Å². The van der Waals surface area contributed by atoms with Gasteiger partial charge in [0.2, 0.25) is 0 Å². The molecule has 0 radical (unpaired) electrons. The standard InChI is InChI=1S/C29H25N5O4/c1-3-4-17-34-24(31-26-25(34)27(35)32-28(36)33(26)2)15-9-10-16-30-29(37)38-18-23-21-13-7-5-11-19(21)20-12-6-8-14-22(20)23/h5-8,11-14,23H,10,16-18H2,1-2H3,(H,30,37)(H,32,35,36). The number of carbonyl (C=O) groups is 1. The lowest BCUT2D eigenvalue weighted by atomic mass is 9.98. The van der Waals surface area contributed by atoms with Gasteiger partial charge in [0.05, 0.1) is 6.54 Å². The highest BCUT2D eigenvalue weighted by Crippen LogP contribution is 2.44. The van der Waals surface area contributed by atoms with Crippen molar-refractivity contribution >= 4 is 17.3 Å². The molecule has 9 heteroatoms. The van der Waals surface area contributed by atoms with Gasteiger partial charge in [0, 0.05) is 25.9 Å². The number of aromatic amines is 1. The number of nitrogens with one attached hydrogen (secondary N) is 2. The van der Waals surface area contributed by atoms with Crippen molar-refractivity contribution in [3.8, 4) is 34.8 Å². The van der Waals surface area contributed by atoms with E-state index in [1.54, 1.807) is 11.5 Å². The minimum absolute atomic E-state index is 0.00808. The lowest BCUT2D eigenvalue weighted by molar-refractivity contribution is 0.143. The van der Waals surface area contributed by atoms with Crippen molar-refractivity contribution in [3.63, 3.8) is 0 Å². The molecule has 1 amide bonds. The molecule has 190 valence electrons. The van der Waals surface area contributed by atoms with Gasteiger partial charge >= 0.3 is 11.8 Å². The van der Waals surface area contributed by atoms with Crippen LogP contribution in [0, 0.1) is 23.7 Å². The first kappa shape index (κ1) is 24.7. The Bertz CT molecular complexity index is 1740. The van der Waals surface area contributed by atoms with E-state index in [9.17, 15) is 14.4 Å². The summed E-state index contributed by atoms with van der Waals surface area (Å²) in [6.07, 6.45) is -0.178. The number of benzene rings is 2. The Balaban J connectivity index is 1.22. The monoisotopic (exact) mass is 507 g/mol. The largest absolute Gasteiger partial charge is 0.449 e. The Kier molecular flexibility index (Phi) is 6.84. The Hall–Kier alpha value is -5.02. The average molecular weight is 508 g/mol. The normalized spacial score (nSPS) is 11.6. The third kappa shape index (κ3) is 4.58. The van der Waals surface area contributed by atoms with Crippen LogP contribution in [-0.4, -0.2) is 38.3 Å². The molecule has 1 aliphatic carbocycles. The van der Waals surface area contributed by atoms with Crippen LogP contribution in [0.25, 0.3) is 22.3 Å². The minimum Gasteiger partial charge on any atom is -0.449 e. The number of hydrogen-bond acceptors (Lipinski definition) is 5. The third-order valence-corrected chi connectivity index (χ3v) is 6.48. The van der Waals surface area contributed by atoms with Crippen molar-refractivity contribution < 1.29 is 9.53 Å². The molecule has 0 fully saturated rings. The van der Waals surface area contributed by atoms with Crippen molar-refractivity contribution in [2.75, 3.05) is 13.2 Å². The summed E-state index contributed by atoms with van der Waals surface area (Å²) in [5.74, 6) is 11.9. The summed E-state index contributed by atoms with van der Waals surface area (Å²) in [6.45, 7) is 2.41. The smallest absolute Gasteiger partial charge is 0.407 e. The first-order valence-electron chi connectivity index (χ1n) is 12.2. The molecule has 9 nitrogen and oxygen atoms in total. The molecule has 5 rings (SSSR count). The first-order chi connectivity index (χ1) is 18.5. The van der Waals surface area contributed by atoms with E-state index in [2.05, 4.69) is 63.2 Å². The van der Waals surface area contributed by atoms with Gasteiger partial charge in [-0.15, -0.1) is 5.92 Å². The van der Waals surface area contributed by atoms with Crippen molar-refractivity contribution in [2.45, 2.75) is 25.8 Å². The van der Waals surface area contributed by atoms with Gasteiger partial charge in [0.25, 0.3) is 5.56 Å². The van der Waals surface area contributed by atoms with Crippen LogP contribution in [0.2, 0.25) is 0 Å². The number of imidazole rings is 1. The third-order valence-electron chi connectivity index (χ3n) is 6.48. The molecule has 0 atom stereocenters. The molecule has 38 heavy (non-hydrogen) atoms. The predicted octanol–water partition coefficient (Wildman–Crippen LogP) is 2.73. The van der Waals surface area contributed by atoms with Crippen LogP contribution >= 0.6 is 0 Å². The molecule has 0 bridgehead atoms. The summed E-state index contributed by atoms with van der Waals surface area (Å²) in [5.41, 5.74) is 4.02. The van der Waals surface area contributed by atoms with Crippen molar-refractivity contribution in [2.24, 2.45) is 7.05 Å². The molecule has 1 aliphatic rings. The molecular weight excluding hydrogens is 482 g/mol. The summed E-state index contributed by atoms with van der Waals surface area (Å²) in [4.78, 5) is 43.4. The van der Waals surface area contributed by atoms with Crippen LogP contribution in [0.3, 0.4) is 0 Å².